The Hall–Kier alpha value is -0.960. The standard InChI is InChI=1S/C15H20O2S/c1-10-8-12(18-3)9-13(11(10)2)15(14(16)17)6-4-5-7-15/h8-9H,4-7H2,1-3H3,(H,16,17). The molecule has 1 aliphatic carbocycles. The van der Waals surface area contributed by atoms with Crippen molar-refractivity contribution >= 4 is 17.7 Å². The van der Waals surface area contributed by atoms with E-state index in [4.69, 9.17) is 0 Å². The molecular weight excluding hydrogens is 244 g/mol. The number of benzene rings is 1. The number of aliphatic carboxylic acids is 1. The largest absolute Gasteiger partial charge is 0.481 e. The Balaban J connectivity index is 2.61. The van der Waals surface area contributed by atoms with Crippen molar-refractivity contribution in [2.45, 2.75) is 49.8 Å². The van der Waals surface area contributed by atoms with Crippen molar-refractivity contribution in [3.63, 3.8) is 0 Å². The molecule has 0 bridgehead atoms. The molecule has 0 heterocycles. The molecule has 1 aromatic carbocycles. The first kappa shape index (κ1) is 13.5. The van der Waals surface area contributed by atoms with E-state index in [-0.39, 0.29) is 0 Å². The number of carbonyl (C=O) groups is 1. The predicted molar refractivity (Wildman–Crippen MR) is 75.5 cm³/mol. The van der Waals surface area contributed by atoms with Gasteiger partial charge in [-0.25, -0.2) is 0 Å². The molecular formula is C15H20O2S. The third-order valence-electron chi connectivity index (χ3n) is 4.26. The number of hydrogen-bond acceptors (Lipinski definition) is 2. The van der Waals surface area contributed by atoms with E-state index >= 15 is 0 Å². The minimum atomic E-state index is -0.652. The lowest BCUT2D eigenvalue weighted by Crippen LogP contribution is -2.33. The molecule has 0 radical (unpaired) electrons. The van der Waals surface area contributed by atoms with Crippen LogP contribution in [0.4, 0.5) is 0 Å². The lowest BCUT2D eigenvalue weighted by molar-refractivity contribution is -0.143. The van der Waals surface area contributed by atoms with Crippen LogP contribution in [0.3, 0.4) is 0 Å². The zero-order valence-electron chi connectivity index (χ0n) is 11.2. The molecule has 0 aliphatic heterocycles. The summed E-state index contributed by atoms with van der Waals surface area (Å²) in [5.41, 5.74) is 2.75. The van der Waals surface area contributed by atoms with Crippen molar-refractivity contribution in [3.05, 3.63) is 28.8 Å². The summed E-state index contributed by atoms with van der Waals surface area (Å²) in [6.45, 7) is 4.13. The monoisotopic (exact) mass is 264 g/mol. The molecule has 0 aromatic heterocycles. The van der Waals surface area contributed by atoms with E-state index in [2.05, 4.69) is 26.0 Å². The fourth-order valence-electron chi connectivity index (χ4n) is 3.02. The van der Waals surface area contributed by atoms with Crippen LogP contribution in [-0.4, -0.2) is 17.3 Å². The van der Waals surface area contributed by atoms with Crippen molar-refractivity contribution in [1.82, 2.24) is 0 Å². The molecule has 1 saturated carbocycles. The highest BCUT2D eigenvalue weighted by atomic mass is 32.2. The van der Waals surface area contributed by atoms with E-state index < -0.39 is 11.4 Å². The van der Waals surface area contributed by atoms with Gasteiger partial charge in [-0.3, -0.25) is 4.79 Å². The third-order valence-corrected chi connectivity index (χ3v) is 4.97. The van der Waals surface area contributed by atoms with Crippen LogP contribution in [0.5, 0.6) is 0 Å². The topological polar surface area (TPSA) is 37.3 Å². The molecule has 1 aliphatic rings. The summed E-state index contributed by atoms with van der Waals surface area (Å²) in [4.78, 5) is 12.9. The summed E-state index contributed by atoms with van der Waals surface area (Å²) in [6, 6.07) is 4.24. The van der Waals surface area contributed by atoms with E-state index in [9.17, 15) is 9.90 Å². The van der Waals surface area contributed by atoms with Gasteiger partial charge in [0.1, 0.15) is 0 Å². The summed E-state index contributed by atoms with van der Waals surface area (Å²) < 4.78 is 0. The summed E-state index contributed by atoms with van der Waals surface area (Å²) in [5.74, 6) is -0.652. The Kier molecular flexibility index (Phi) is 3.71. The molecule has 98 valence electrons. The molecule has 1 aromatic rings. The second-order valence-electron chi connectivity index (χ2n) is 5.21. The third kappa shape index (κ3) is 2.05. The Bertz CT molecular complexity index is 474. The number of hydrogen-bond donors (Lipinski definition) is 1. The quantitative estimate of drug-likeness (QED) is 0.841. The van der Waals surface area contributed by atoms with Gasteiger partial charge in [0.25, 0.3) is 0 Å². The average molecular weight is 264 g/mol. The van der Waals surface area contributed by atoms with E-state index in [1.807, 2.05) is 6.26 Å². The first-order chi connectivity index (χ1) is 8.51. The van der Waals surface area contributed by atoms with Gasteiger partial charge in [0.15, 0.2) is 0 Å². The second kappa shape index (κ2) is 4.96. The van der Waals surface area contributed by atoms with Gasteiger partial charge in [0.05, 0.1) is 5.41 Å². The van der Waals surface area contributed by atoms with Gasteiger partial charge in [0, 0.05) is 4.90 Å². The van der Waals surface area contributed by atoms with Gasteiger partial charge in [0.2, 0.25) is 0 Å². The smallest absolute Gasteiger partial charge is 0.314 e. The van der Waals surface area contributed by atoms with Gasteiger partial charge in [-0.05, 0) is 61.8 Å². The number of thioether (sulfide) groups is 1. The highest BCUT2D eigenvalue weighted by molar-refractivity contribution is 7.98. The zero-order valence-corrected chi connectivity index (χ0v) is 12.1. The van der Waals surface area contributed by atoms with Crippen molar-refractivity contribution in [3.8, 4) is 0 Å². The fourth-order valence-corrected chi connectivity index (χ4v) is 3.55. The van der Waals surface area contributed by atoms with Crippen LogP contribution < -0.4 is 0 Å². The SMILES string of the molecule is CSc1cc(C)c(C)c(C2(C(=O)O)CCCC2)c1. The molecule has 1 N–H and O–H groups in total. The van der Waals surface area contributed by atoms with Crippen LogP contribution in [0.2, 0.25) is 0 Å². The molecule has 0 amide bonds. The van der Waals surface area contributed by atoms with Gasteiger partial charge in [-0.2, -0.15) is 0 Å². The number of aryl methyl sites for hydroxylation is 1. The lowest BCUT2D eigenvalue weighted by Gasteiger charge is -2.27. The van der Waals surface area contributed by atoms with Crippen LogP contribution in [0, 0.1) is 13.8 Å². The van der Waals surface area contributed by atoms with E-state index in [0.717, 1.165) is 36.8 Å². The average Bonchev–Trinajstić information content (AvgIpc) is 2.82. The van der Waals surface area contributed by atoms with Crippen molar-refractivity contribution in [2.24, 2.45) is 0 Å². The fraction of sp³-hybridized carbons (Fsp3) is 0.533. The van der Waals surface area contributed by atoms with Gasteiger partial charge < -0.3 is 5.11 Å². The van der Waals surface area contributed by atoms with Gasteiger partial charge in [-0.1, -0.05) is 12.8 Å². The molecule has 0 atom stereocenters. The van der Waals surface area contributed by atoms with E-state index in [0.29, 0.717) is 0 Å². The summed E-state index contributed by atoms with van der Waals surface area (Å²) in [5, 5.41) is 9.69. The Labute approximate surface area is 113 Å². The number of rotatable bonds is 3. The van der Waals surface area contributed by atoms with Gasteiger partial charge >= 0.3 is 5.97 Å². The highest BCUT2D eigenvalue weighted by Crippen LogP contribution is 2.44. The first-order valence-electron chi connectivity index (χ1n) is 6.40. The second-order valence-corrected chi connectivity index (χ2v) is 6.09. The molecule has 3 heteroatoms. The van der Waals surface area contributed by atoms with Crippen molar-refractivity contribution < 1.29 is 9.90 Å². The number of carboxylic acids is 1. The maximum absolute atomic E-state index is 11.8. The summed E-state index contributed by atoms with van der Waals surface area (Å²) in [7, 11) is 0. The Morgan fingerprint density at radius 3 is 2.39 bits per heavy atom. The minimum Gasteiger partial charge on any atom is -0.481 e. The lowest BCUT2D eigenvalue weighted by atomic mass is 9.76. The zero-order chi connectivity index (χ0) is 13.3. The Morgan fingerprint density at radius 2 is 1.89 bits per heavy atom. The first-order valence-corrected chi connectivity index (χ1v) is 7.63. The summed E-state index contributed by atoms with van der Waals surface area (Å²) >= 11 is 1.68. The van der Waals surface area contributed by atoms with Crippen LogP contribution in [0.25, 0.3) is 0 Å². The molecule has 2 rings (SSSR count). The van der Waals surface area contributed by atoms with E-state index in [1.165, 1.54) is 10.5 Å². The minimum absolute atomic E-state index is 0.638. The molecule has 0 saturated heterocycles. The van der Waals surface area contributed by atoms with Crippen molar-refractivity contribution in [1.29, 1.82) is 0 Å². The maximum Gasteiger partial charge on any atom is 0.314 e. The van der Waals surface area contributed by atoms with Crippen LogP contribution >= 0.6 is 11.8 Å². The maximum atomic E-state index is 11.8. The highest BCUT2D eigenvalue weighted by Gasteiger charge is 2.44. The predicted octanol–water partition coefficient (Wildman–Crippen LogP) is 3.92. The van der Waals surface area contributed by atoms with E-state index in [1.54, 1.807) is 11.8 Å². The Morgan fingerprint density at radius 1 is 1.28 bits per heavy atom. The molecule has 0 spiro atoms. The van der Waals surface area contributed by atoms with Crippen molar-refractivity contribution in [2.75, 3.05) is 6.26 Å². The molecule has 0 unspecified atom stereocenters. The van der Waals surface area contributed by atoms with Crippen LogP contribution in [-0.2, 0) is 10.2 Å². The normalized spacial score (nSPS) is 17.9. The van der Waals surface area contributed by atoms with Crippen LogP contribution in [0.15, 0.2) is 17.0 Å². The number of carboxylic acid groups (broad SMARTS) is 1. The molecule has 1 fully saturated rings. The van der Waals surface area contributed by atoms with Crippen LogP contribution in [0.1, 0.15) is 42.4 Å². The van der Waals surface area contributed by atoms with Gasteiger partial charge in [-0.15, -0.1) is 11.8 Å². The molecule has 18 heavy (non-hydrogen) atoms. The molecule has 2 nitrogen and oxygen atoms in total. The summed E-state index contributed by atoms with van der Waals surface area (Å²) in [6.07, 6.45) is 5.64.